The van der Waals surface area contributed by atoms with E-state index in [1.54, 1.807) is 0 Å². The van der Waals surface area contributed by atoms with Crippen molar-refractivity contribution in [3.05, 3.63) is 47.3 Å². The zero-order chi connectivity index (χ0) is 11.8. The molecule has 6 heteroatoms. The van der Waals surface area contributed by atoms with Crippen LogP contribution in [0.1, 0.15) is 0 Å². The Labute approximate surface area is 98.4 Å². The first kappa shape index (κ1) is 11.9. The highest BCUT2D eigenvalue weighted by Crippen LogP contribution is 2.04. The van der Waals surface area contributed by atoms with Gasteiger partial charge < -0.3 is 15.7 Å². The van der Waals surface area contributed by atoms with Gasteiger partial charge in [-0.3, -0.25) is 0 Å². The summed E-state index contributed by atoms with van der Waals surface area (Å²) in [6, 6.07) is 9.40. The smallest absolute Gasteiger partial charge is 0.389 e. The molecule has 16 heavy (non-hydrogen) atoms. The van der Waals surface area contributed by atoms with Gasteiger partial charge in [0.05, 0.1) is 6.54 Å². The molecule has 1 rings (SSSR count). The number of aliphatic hydroxyl groups excluding tert-OH is 1. The third kappa shape index (κ3) is 4.39. The van der Waals surface area contributed by atoms with Crippen LogP contribution in [-0.2, 0) is 0 Å². The molecule has 0 unspecified atom stereocenters. The molecule has 3 N–H and O–H groups in total. The zero-order valence-corrected chi connectivity index (χ0v) is 9.24. The van der Waals surface area contributed by atoms with E-state index < -0.39 is 0 Å². The molecule has 0 aromatic heterocycles. The maximum Gasteiger partial charge on any atom is 0.389 e. The summed E-state index contributed by atoms with van der Waals surface area (Å²) in [7, 11) is 0. The SMILES string of the molecule is N#[N+]/C=C(/O)CNC(=S)Nc1ccccc1. The number of diazo groups is 1. The van der Waals surface area contributed by atoms with Crippen LogP contribution in [0.3, 0.4) is 0 Å². The average molecular weight is 235 g/mol. The van der Waals surface area contributed by atoms with E-state index in [-0.39, 0.29) is 12.3 Å². The van der Waals surface area contributed by atoms with Crippen molar-refractivity contribution in [2.24, 2.45) is 0 Å². The molecule has 82 valence electrons. The molecule has 1 aromatic rings. The molecular formula is C10H11N4OS+. The number of para-hydroxylation sites is 1. The number of thiocarbonyl (C=S) groups is 1. The van der Waals surface area contributed by atoms with E-state index in [1.807, 2.05) is 30.3 Å². The van der Waals surface area contributed by atoms with E-state index in [1.165, 1.54) is 0 Å². The first-order chi connectivity index (χ1) is 7.72. The number of rotatable bonds is 3. The van der Waals surface area contributed by atoms with E-state index in [2.05, 4.69) is 15.6 Å². The lowest BCUT2D eigenvalue weighted by atomic mass is 10.3. The number of hydrogen-bond acceptors (Lipinski definition) is 3. The highest BCUT2D eigenvalue weighted by Gasteiger charge is 2.01. The molecule has 0 heterocycles. The fourth-order valence-corrected chi connectivity index (χ4v) is 1.17. The molecule has 0 amide bonds. The van der Waals surface area contributed by atoms with E-state index in [4.69, 9.17) is 22.7 Å². The third-order valence-electron chi connectivity index (χ3n) is 1.67. The van der Waals surface area contributed by atoms with Crippen LogP contribution in [0.15, 0.2) is 42.3 Å². The minimum atomic E-state index is -0.111. The second-order valence-corrected chi connectivity index (χ2v) is 3.32. The molecule has 0 radical (unpaired) electrons. The van der Waals surface area contributed by atoms with Gasteiger partial charge in [0.1, 0.15) is 0 Å². The molecule has 0 bridgehead atoms. The lowest BCUT2D eigenvalue weighted by molar-refractivity contribution is 0.398. The molecular weight excluding hydrogens is 224 g/mol. The van der Waals surface area contributed by atoms with Crippen LogP contribution >= 0.6 is 12.2 Å². The van der Waals surface area contributed by atoms with Gasteiger partial charge >= 0.3 is 6.20 Å². The van der Waals surface area contributed by atoms with Crippen molar-refractivity contribution in [1.82, 2.24) is 5.32 Å². The van der Waals surface area contributed by atoms with Gasteiger partial charge in [-0.15, -0.1) is 0 Å². The maximum absolute atomic E-state index is 9.12. The normalized spacial score (nSPS) is 10.3. The van der Waals surface area contributed by atoms with E-state index in [9.17, 15) is 0 Å². The highest BCUT2D eigenvalue weighted by molar-refractivity contribution is 7.80. The standard InChI is InChI=1S/C10H10N4OS/c11-13-7-9(15)6-12-10(16)14-8-4-2-1-3-5-8/h1-5,7H,6H2,(H2-,12,14,15,16)/p+1/b9-7+. The van der Waals surface area contributed by atoms with Gasteiger partial charge in [-0.2, -0.15) is 0 Å². The molecule has 0 spiro atoms. The number of nitrogens with one attached hydrogen (secondary N) is 2. The van der Waals surface area contributed by atoms with Gasteiger partial charge in [0.25, 0.3) is 0 Å². The van der Waals surface area contributed by atoms with Crippen LogP contribution in [0.2, 0.25) is 0 Å². The van der Waals surface area contributed by atoms with Crippen molar-refractivity contribution in [2.45, 2.75) is 0 Å². The van der Waals surface area contributed by atoms with Crippen LogP contribution in [-0.4, -0.2) is 16.8 Å². The Morgan fingerprint density at radius 1 is 1.44 bits per heavy atom. The monoisotopic (exact) mass is 235 g/mol. The number of hydrogen-bond donors (Lipinski definition) is 3. The quantitative estimate of drug-likeness (QED) is 0.425. The van der Waals surface area contributed by atoms with Crippen molar-refractivity contribution in [3.63, 3.8) is 0 Å². The van der Waals surface area contributed by atoms with Crippen molar-refractivity contribution < 1.29 is 5.11 Å². The van der Waals surface area contributed by atoms with Crippen molar-refractivity contribution in [1.29, 1.82) is 5.39 Å². The first-order valence-electron chi connectivity index (χ1n) is 4.54. The van der Waals surface area contributed by atoms with E-state index in [0.717, 1.165) is 11.9 Å². The molecule has 0 fully saturated rings. The fourth-order valence-electron chi connectivity index (χ4n) is 0.980. The summed E-state index contributed by atoms with van der Waals surface area (Å²) in [5, 5.41) is 23.3. The maximum atomic E-state index is 9.12. The van der Waals surface area contributed by atoms with Gasteiger partial charge in [0, 0.05) is 5.69 Å². The van der Waals surface area contributed by atoms with Crippen molar-refractivity contribution >= 4 is 23.0 Å². The predicted molar refractivity (Wildman–Crippen MR) is 66.5 cm³/mol. The molecule has 0 aliphatic rings. The second kappa shape index (κ2) is 6.37. The Morgan fingerprint density at radius 2 is 2.12 bits per heavy atom. The van der Waals surface area contributed by atoms with Crippen molar-refractivity contribution in [3.8, 4) is 0 Å². The van der Waals surface area contributed by atoms with Crippen LogP contribution in [0.4, 0.5) is 5.69 Å². The van der Waals surface area contributed by atoms with Gasteiger partial charge in [0.15, 0.2) is 15.8 Å². The lowest BCUT2D eigenvalue weighted by Gasteiger charge is -2.08. The summed E-state index contributed by atoms with van der Waals surface area (Å²) in [5.74, 6) is -0.111. The van der Waals surface area contributed by atoms with E-state index in [0.29, 0.717) is 5.11 Å². The molecule has 1 aromatic carbocycles. The molecule has 0 aliphatic carbocycles. The number of anilines is 1. The average Bonchev–Trinajstić information content (AvgIpc) is 2.28. The Balaban J connectivity index is 2.38. The summed E-state index contributed by atoms with van der Waals surface area (Å²) < 4.78 is 0. The lowest BCUT2D eigenvalue weighted by Crippen LogP contribution is -2.30. The van der Waals surface area contributed by atoms with Crippen LogP contribution in [0.5, 0.6) is 0 Å². The third-order valence-corrected chi connectivity index (χ3v) is 1.91. The first-order valence-corrected chi connectivity index (χ1v) is 4.95. The van der Waals surface area contributed by atoms with Crippen molar-refractivity contribution in [2.75, 3.05) is 11.9 Å². The molecule has 0 aliphatic heterocycles. The van der Waals surface area contributed by atoms with Gasteiger partial charge in [-0.25, -0.2) is 0 Å². The molecule has 0 saturated carbocycles. The summed E-state index contributed by atoms with van der Waals surface area (Å²) in [6.45, 7) is 0.0999. The molecule has 0 atom stereocenters. The summed E-state index contributed by atoms with van der Waals surface area (Å²) in [6.07, 6.45) is 0.929. The van der Waals surface area contributed by atoms with Gasteiger partial charge in [-0.05, 0) is 24.4 Å². The summed E-state index contributed by atoms with van der Waals surface area (Å²) >= 11 is 4.98. The molecule has 0 saturated heterocycles. The minimum Gasteiger partial charge on any atom is -0.504 e. The molecule has 5 nitrogen and oxygen atoms in total. The highest BCUT2D eigenvalue weighted by atomic mass is 32.1. The topological polar surface area (TPSA) is 72.4 Å². The number of benzene rings is 1. The van der Waals surface area contributed by atoms with Crippen LogP contribution < -0.4 is 10.6 Å². The Hall–Kier alpha value is -2.13. The Bertz CT molecular complexity index is 424. The number of nitrogens with zero attached hydrogens (tertiary/aromatic N) is 2. The van der Waals surface area contributed by atoms with E-state index >= 15 is 0 Å². The second-order valence-electron chi connectivity index (χ2n) is 2.91. The van der Waals surface area contributed by atoms with Gasteiger partial charge in [0.2, 0.25) is 5.39 Å². The minimum absolute atomic E-state index is 0.0999. The Morgan fingerprint density at radius 3 is 2.75 bits per heavy atom. The van der Waals surface area contributed by atoms with Crippen LogP contribution in [0, 0.1) is 5.39 Å². The summed E-state index contributed by atoms with van der Waals surface area (Å²) in [5.41, 5.74) is 0.857. The van der Waals surface area contributed by atoms with Crippen LogP contribution in [0.25, 0.3) is 4.98 Å². The summed E-state index contributed by atoms with van der Waals surface area (Å²) in [4.78, 5) is 2.68. The predicted octanol–water partition coefficient (Wildman–Crippen LogP) is 2.23. The largest absolute Gasteiger partial charge is 0.504 e. The fraction of sp³-hybridized carbons (Fsp3) is 0.100. The zero-order valence-electron chi connectivity index (χ0n) is 8.42. The number of aliphatic hydroxyl groups is 1. The van der Waals surface area contributed by atoms with Gasteiger partial charge in [-0.1, -0.05) is 18.2 Å². The Kier molecular flexibility index (Phi) is 4.76.